The number of fused-ring (bicyclic) bond motifs is 1. The van der Waals surface area contributed by atoms with Gasteiger partial charge in [0, 0.05) is 44.8 Å². The number of benzene rings is 2. The molecule has 9 nitrogen and oxygen atoms in total. The number of hydrogen-bond donors (Lipinski definition) is 0. The van der Waals surface area contributed by atoms with E-state index >= 15 is 0 Å². The van der Waals surface area contributed by atoms with Crippen molar-refractivity contribution in [3.63, 3.8) is 0 Å². The number of piperidine rings is 1. The summed E-state index contributed by atoms with van der Waals surface area (Å²) in [6.07, 6.45) is 3.60. The molecule has 210 valence electrons. The minimum Gasteiger partial charge on any atom is -0.494 e. The Kier molecular flexibility index (Phi) is 9.13. The van der Waals surface area contributed by atoms with Gasteiger partial charge in [0.05, 0.1) is 34.9 Å². The van der Waals surface area contributed by atoms with E-state index in [1.807, 2.05) is 25.1 Å². The number of aromatic nitrogens is 1. The number of sulfonamides is 1. The third kappa shape index (κ3) is 6.60. The zero-order valence-electron chi connectivity index (χ0n) is 22.4. The van der Waals surface area contributed by atoms with Crippen molar-refractivity contribution in [3.8, 4) is 5.75 Å². The van der Waals surface area contributed by atoms with Crippen LogP contribution in [0.25, 0.3) is 10.2 Å². The highest BCUT2D eigenvalue weighted by Gasteiger charge is 2.27. The zero-order chi connectivity index (χ0) is 27.2. The molecule has 0 atom stereocenters. The highest BCUT2D eigenvalue weighted by Crippen LogP contribution is 2.33. The van der Waals surface area contributed by atoms with Crippen molar-refractivity contribution in [3.05, 3.63) is 48.0 Å². The molecule has 0 saturated carbocycles. The van der Waals surface area contributed by atoms with E-state index in [9.17, 15) is 13.2 Å². The molecule has 3 heterocycles. The smallest absolute Gasteiger partial charge is 0.260 e. The molecule has 2 aliphatic rings. The SMILES string of the molecule is CCOc1ccc2nc(N(CCCN3CCOCC3)C(=O)c3ccc(S(=O)(=O)N4CCCCC4)cc3)sc2c1. The highest BCUT2D eigenvalue weighted by atomic mass is 32.2. The van der Waals surface area contributed by atoms with Crippen LogP contribution in [0, 0.1) is 0 Å². The summed E-state index contributed by atoms with van der Waals surface area (Å²) in [5.74, 6) is 0.582. The fraction of sp³-hybridized carbons (Fsp3) is 0.500. The fourth-order valence-electron chi connectivity index (χ4n) is 5.01. The average Bonchev–Trinajstić information content (AvgIpc) is 3.39. The Morgan fingerprint density at radius 3 is 2.51 bits per heavy atom. The fourth-order valence-corrected chi connectivity index (χ4v) is 7.54. The number of carbonyl (C=O) groups is 1. The van der Waals surface area contributed by atoms with Crippen molar-refractivity contribution in [2.45, 2.75) is 37.5 Å². The van der Waals surface area contributed by atoms with Gasteiger partial charge in [0.25, 0.3) is 5.91 Å². The first-order chi connectivity index (χ1) is 19.0. The first-order valence-electron chi connectivity index (χ1n) is 13.7. The lowest BCUT2D eigenvalue weighted by Crippen LogP contribution is -2.39. The first-order valence-corrected chi connectivity index (χ1v) is 16.0. The molecule has 0 radical (unpaired) electrons. The summed E-state index contributed by atoms with van der Waals surface area (Å²) >= 11 is 1.46. The summed E-state index contributed by atoms with van der Waals surface area (Å²) in [4.78, 5) is 22.9. The number of morpholine rings is 1. The van der Waals surface area contributed by atoms with Crippen LogP contribution in [0.3, 0.4) is 0 Å². The molecule has 2 aliphatic heterocycles. The Morgan fingerprint density at radius 1 is 1.05 bits per heavy atom. The lowest BCUT2D eigenvalue weighted by molar-refractivity contribution is 0.0376. The molecule has 0 spiro atoms. The van der Waals surface area contributed by atoms with Crippen LogP contribution in [0.15, 0.2) is 47.4 Å². The van der Waals surface area contributed by atoms with Gasteiger partial charge in [-0.3, -0.25) is 14.6 Å². The maximum Gasteiger partial charge on any atom is 0.260 e. The number of nitrogens with zero attached hydrogens (tertiary/aromatic N) is 4. The lowest BCUT2D eigenvalue weighted by Gasteiger charge is -2.28. The van der Waals surface area contributed by atoms with Crippen LogP contribution in [-0.2, 0) is 14.8 Å². The second kappa shape index (κ2) is 12.7. The summed E-state index contributed by atoms with van der Waals surface area (Å²) in [5.41, 5.74) is 1.25. The quantitative estimate of drug-likeness (QED) is 0.359. The highest BCUT2D eigenvalue weighted by molar-refractivity contribution is 7.89. The van der Waals surface area contributed by atoms with E-state index < -0.39 is 10.0 Å². The number of thiazole rings is 1. The Labute approximate surface area is 234 Å². The van der Waals surface area contributed by atoms with Crippen LogP contribution >= 0.6 is 11.3 Å². The van der Waals surface area contributed by atoms with Crippen LogP contribution in [0.4, 0.5) is 5.13 Å². The Bertz CT molecular complexity index is 1360. The summed E-state index contributed by atoms with van der Waals surface area (Å²) in [5, 5.41) is 0.621. The molecule has 0 aliphatic carbocycles. The standard InChI is InChI=1S/C28H36N4O5S2/c1-2-37-23-9-12-25-26(21-23)38-28(29-25)32(16-6-13-30-17-19-36-20-18-30)27(33)22-7-10-24(11-8-22)39(34,35)31-14-4-3-5-15-31/h7-12,21H,2-6,13-20H2,1H3. The monoisotopic (exact) mass is 572 g/mol. The Morgan fingerprint density at radius 2 is 1.79 bits per heavy atom. The van der Waals surface area contributed by atoms with E-state index in [0.29, 0.717) is 36.9 Å². The van der Waals surface area contributed by atoms with Crippen molar-refractivity contribution >= 4 is 42.6 Å². The van der Waals surface area contributed by atoms with Crippen LogP contribution in [0.2, 0.25) is 0 Å². The third-order valence-electron chi connectivity index (χ3n) is 7.15. The topological polar surface area (TPSA) is 92.3 Å². The van der Waals surface area contributed by atoms with Gasteiger partial charge in [-0.1, -0.05) is 17.8 Å². The van der Waals surface area contributed by atoms with Gasteiger partial charge in [0.1, 0.15) is 5.75 Å². The van der Waals surface area contributed by atoms with E-state index in [0.717, 1.165) is 74.5 Å². The molecule has 5 rings (SSSR count). The van der Waals surface area contributed by atoms with Gasteiger partial charge in [-0.2, -0.15) is 4.31 Å². The van der Waals surface area contributed by atoms with Gasteiger partial charge < -0.3 is 9.47 Å². The van der Waals surface area contributed by atoms with Gasteiger partial charge in [-0.15, -0.1) is 0 Å². The van der Waals surface area contributed by atoms with E-state index in [1.165, 1.54) is 11.3 Å². The second-order valence-corrected chi connectivity index (χ2v) is 12.8. The van der Waals surface area contributed by atoms with Crippen molar-refractivity contribution < 1.29 is 22.7 Å². The van der Waals surface area contributed by atoms with Crippen molar-refractivity contribution in [1.82, 2.24) is 14.2 Å². The van der Waals surface area contributed by atoms with Crippen molar-refractivity contribution in [1.29, 1.82) is 0 Å². The summed E-state index contributed by atoms with van der Waals surface area (Å²) < 4.78 is 39.8. The molecule has 3 aromatic rings. The van der Waals surface area contributed by atoms with Crippen LogP contribution in [0.1, 0.15) is 43.0 Å². The van der Waals surface area contributed by atoms with Gasteiger partial charge in [-0.25, -0.2) is 13.4 Å². The molecule has 39 heavy (non-hydrogen) atoms. The number of ether oxygens (including phenoxy) is 2. The van der Waals surface area contributed by atoms with E-state index in [-0.39, 0.29) is 10.8 Å². The first kappa shape index (κ1) is 28.0. The Hall–Kier alpha value is -2.57. The number of anilines is 1. The van der Waals surface area contributed by atoms with Crippen molar-refractivity contribution in [2.75, 3.05) is 64.0 Å². The molecule has 11 heteroatoms. The maximum atomic E-state index is 13.8. The molecule has 0 N–H and O–H groups in total. The van der Waals surface area contributed by atoms with E-state index in [2.05, 4.69) is 4.90 Å². The van der Waals surface area contributed by atoms with Gasteiger partial charge >= 0.3 is 0 Å². The number of hydrogen-bond acceptors (Lipinski definition) is 8. The molecular weight excluding hydrogens is 536 g/mol. The van der Waals surface area contributed by atoms with Crippen molar-refractivity contribution in [2.24, 2.45) is 0 Å². The minimum absolute atomic E-state index is 0.192. The van der Waals surface area contributed by atoms with Crippen LogP contribution in [0.5, 0.6) is 5.75 Å². The molecule has 2 saturated heterocycles. The van der Waals surface area contributed by atoms with Gasteiger partial charge in [0.2, 0.25) is 10.0 Å². The van der Waals surface area contributed by atoms with Crippen LogP contribution < -0.4 is 9.64 Å². The minimum atomic E-state index is -3.56. The van der Waals surface area contributed by atoms with Crippen LogP contribution in [-0.4, -0.2) is 87.6 Å². The summed E-state index contributed by atoms with van der Waals surface area (Å²) in [7, 11) is -3.56. The van der Waals surface area contributed by atoms with E-state index in [1.54, 1.807) is 33.5 Å². The number of carbonyl (C=O) groups excluding carboxylic acids is 1. The predicted octanol–water partition coefficient (Wildman–Crippen LogP) is 4.24. The van der Waals surface area contributed by atoms with E-state index in [4.69, 9.17) is 14.5 Å². The third-order valence-corrected chi connectivity index (χ3v) is 10.1. The predicted molar refractivity (Wildman–Crippen MR) is 153 cm³/mol. The van der Waals surface area contributed by atoms with Gasteiger partial charge in [0.15, 0.2) is 5.13 Å². The molecule has 0 unspecified atom stereocenters. The average molecular weight is 573 g/mol. The lowest BCUT2D eigenvalue weighted by atomic mass is 10.2. The molecule has 2 fully saturated rings. The summed E-state index contributed by atoms with van der Waals surface area (Å²) in [6, 6.07) is 12.1. The maximum absolute atomic E-state index is 13.8. The number of amides is 1. The molecule has 1 amide bonds. The molecule has 2 aromatic carbocycles. The molecule has 1 aromatic heterocycles. The largest absolute Gasteiger partial charge is 0.494 e. The zero-order valence-corrected chi connectivity index (χ0v) is 24.0. The summed E-state index contributed by atoms with van der Waals surface area (Å²) in [6.45, 7) is 8.22. The molecular formula is C28H36N4O5S2. The van der Waals surface area contributed by atoms with Gasteiger partial charge in [-0.05, 0) is 68.7 Å². The number of rotatable bonds is 10. The second-order valence-electron chi connectivity index (χ2n) is 9.81. The molecule has 0 bridgehead atoms. The Balaban J connectivity index is 1.37. The normalized spacial score (nSPS) is 17.4.